The summed E-state index contributed by atoms with van der Waals surface area (Å²) < 4.78 is 13.1. The van der Waals surface area contributed by atoms with Crippen molar-refractivity contribution in [2.45, 2.75) is 70.1 Å². The number of benzene rings is 1. The SMILES string of the molecule is O=C(CCC[C@@H]1[C@H]2CCCN3CCC[C@@H](CN1Cc1cccnc1)[C@@H]23)NCc1ccc(F)cc1. The number of amides is 1. The van der Waals surface area contributed by atoms with Crippen LogP contribution in [-0.4, -0.2) is 52.4 Å². The van der Waals surface area contributed by atoms with Gasteiger partial charge in [-0.1, -0.05) is 18.2 Å². The zero-order chi connectivity index (χ0) is 23.3. The molecule has 3 aliphatic rings. The Bertz CT molecular complexity index is 935. The van der Waals surface area contributed by atoms with Crippen LogP contribution in [-0.2, 0) is 17.9 Å². The van der Waals surface area contributed by atoms with Crippen LogP contribution in [0, 0.1) is 17.7 Å². The summed E-state index contributed by atoms with van der Waals surface area (Å²) in [6.45, 7) is 5.09. The van der Waals surface area contributed by atoms with Crippen molar-refractivity contribution >= 4 is 5.91 Å². The highest BCUT2D eigenvalue weighted by molar-refractivity contribution is 5.75. The summed E-state index contributed by atoms with van der Waals surface area (Å²) in [5, 5.41) is 3.00. The van der Waals surface area contributed by atoms with E-state index in [9.17, 15) is 9.18 Å². The number of hydrogen-bond acceptors (Lipinski definition) is 4. The third-order valence-electron chi connectivity index (χ3n) is 8.19. The monoisotopic (exact) mass is 464 g/mol. The van der Waals surface area contributed by atoms with Crippen molar-refractivity contribution in [1.82, 2.24) is 20.1 Å². The molecular formula is C28H37FN4O. The number of likely N-dealkylation sites (tertiary alicyclic amines) is 1. The molecule has 4 heterocycles. The zero-order valence-electron chi connectivity index (χ0n) is 20.0. The number of halogens is 1. The van der Waals surface area contributed by atoms with Crippen molar-refractivity contribution in [3.8, 4) is 0 Å². The molecule has 5 nitrogen and oxygen atoms in total. The third-order valence-corrected chi connectivity index (χ3v) is 8.19. The van der Waals surface area contributed by atoms with Gasteiger partial charge in [0.1, 0.15) is 5.82 Å². The van der Waals surface area contributed by atoms with Crippen molar-refractivity contribution in [3.05, 3.63) is 65.7 Å². The number of pyridine rings is 1. The molecule has 0 aliphatic carbocycles. The summed E-state index contributed by atoms with van der Waals surface area (Å²) >= 11 is 0. The molecule has 0 unspecified atom stereocenters. The van der Waals surface area contributed by atoms with Gasteiger partial charge in [0.25, 0.3) is 0 Å². The van der Waals surface area contributed by atoms with E-state index in [1.54, 1.807) is 12.1 Å². The number of rotatable bonds is 8. The predicted molar refractivity (Wildman–Crippen MR) is 131 cm³/mol. The Morgan fingerprint density at radius 1 is 1.09 bits per heavy atom. The molecule has 4 atom stereocenters. The van der Waals surface area contributed by atoms with Gasteiger partial charge in [0.15, 0.2) is 0 Å². The van der Waals surface area contributed by atoms with Gasteiger partial charge in [0.2, 0.25) is 5.91 Å². The van der Waals surface area contributed by atoms with Crippen LogP contribution < -0.4 is 5.32 Å². The number of aromatic nitrogens is 1. The lowest BCUT2D eigenvalue weighted by molar-refractivity contribution is -0.121. The molecular weight excluding hydrogens is 427 g/mol. The van der Waals surface area contributed by atoms with Crippen molar-refractivity contribution in [2.24, 2.45) is 11.8 Å². The van der Waals surface area contributed by atoms with Crippen LogP contribution in [0.1, 0.15) is 56.1 Å². The van der Waals surface area contributed by atoms with Crippen LogP contribution in [0.4, 0.5) is 4.39 Å². The van der Waals surface area contributed by atoms with Gasteiger partial charge in [0.05, 0.1) is 0 Å². The van der Waals surface area contributed by atoms with Crippen molar-refractivity contribution in [3.63, 3.8) is 0 Å². The molecule has 34 heavy (non-hydrogen) atoms. The fraction of sp³-hybridized carbons (Fsp3) is 0.571. The molecule has 0 saturated carbocycles. The van der Waals surface area contributed by atoms with Crippen LogP contribution >= 0.6 is 0 Å². The first-order valence-electron chi connectivity index (χ1n) is 13.1. The number of carbonyl (C=O) groups excluding carboxylic acids is 1. The second kappa shape index (κ2) is 11.0. The maximum Gasteiger partial charge on any atom is 0.220 e. The number of hydrogen-bond donors (Lipinski definition) is 1. The molecule has 0 bridgehead atoms. The maximum absolute atomic E-state index is 13.1. The van der Waals surface area contributed by atoms with E-state index in [0.29, 0.717) is 24.9 Å². The highest BCUT2D eigenvalue weighted by atomic mass is 19.1. The minimum Gasteiger partial charge on any atom is -0.352 e. The Morgan fingerprint density at radius 3 is 2.71 bits per heavy atom. The van der Waals surface area contributed by atoms with Crippen LogP contribution in [0.3, 0.4) is 0 Å². The Morgan fingerprint density at radius 2 is 1.91 bits per heavy atom. The molecule has 3 aliphatic heterocycles. The van der Waals surface area contributed by atoms with E-state index in [0.717, 1.165) is 43.5 Å². The molecule has 1 aromatic carbocycles. The molecule has 1 aromatic heterocycles. The average Bonchev–Trinajstić information content (AvgIpc) is 2.86. The number of nitrogens with zero attached hydrogens (tertiary/aromatic N) is 3. The average molecular weight is 465 g/mol. The second-order valence-electron chi connectivity index (χ2n) is 10.4. The minimum atomic E-state index is -0.250. The molecule has 1 N–H and O–H groups in total. The normalized spacial score (nSPS) is 27.2. The fourth-order valence-electron chi connectivity index (χ4n) is 6.75. The van der Waals surface area contributed by atoms with Gasteiger partial charge in [-0.15, -0.1) is 0 Å². The van der Waals surface area contributed by atoms with Gasteiger partial charge in [-0.2, -0.15) is 0 Å². The van der Waals surface area contributed by atoms with Gasteiger partial charge < -0.3 is 5.32 Å². The minimum absolute atomic E-state index is 0.0831. The lowest BCUT2D eigenvalue weighted by Gasteiger charge is -2.57. The molecule has 0 spiro atoms. The fourth-order valence-corrected chi connectivity index (χ4v) is 6.75. The van der Waals surface area contributed by atoms with Crippen molar-refractivity contribution < 1.29 is 9.18 Å². The second-order valence-corrected chi connectivity index (χ2v) is 10.4. The van der Waals surface area contributed by atoms with Crippen molar-refractivity contribution in [2.75, 3.05) is 19.6 Å². The van der Waals surface area contributed by atoms with E-state index < -0.39 is 0 Å². The quantitative estimate of drug-likeness (QED) is 0.630. The van der Waals surface area contributed by atoms with E-state index in [-0.39, 0.29) is 11.7 Å². The van der Waals surface area contributed by atoms with Crippen LogP contribution in [0.2, 0.25) is 0 Å². The number of piperidine rings is 3. The van der Waals surface area contributed by atoms with Gasteiger partial charge >= 0.3 is 0 Å². The first-order valence-corrected chi connectivity index (χ1v) is 13.1. The summed E-state index contributed by atoms with van der Waals surface area (Å²) in [5.74, 6) is 1.30. The molecule has 0 radical (unpaired) electrons. The maximum atomic E-state index is 13.1. The lowest BCUT2D eigenvalue weighted by atomic mass is 9.69. The van der Waals surface area contributed by atoms with E-state index in [1.807, 2.05) is 18.5 Å². The summed E-state index contributed by atoms with van der Waals surface area (Å²) in [7, 11) is 0. The summed E-state index contributed by atoms with van der Waals surface area (Å²) in [6.07, 6.45) is 11.6. The molecule has 3 fully saturated rings. The molecule has 182 valence electrons. The Labute approximate surface area is 202 Å². The van der Waals surface area contributed by atoms with Crippen LogP contribution in [0.25, 0.3) is 0 Å². The topological polar surface area (TPSA) is 48.5 Å². The predicted octanol–water partition coefficient (Wildman–Crippen LogP) is 4.38. The van der Waals surface area contributed by atoms with E-state index >= 15 is 0 Å². The standard InChI is InChI=1S/C28H37FN4O/c29-24-12-10-21(11-13-24)18-31-27(34)9-1-8-26-25-7-4-16-32-15-3-6-23(28(25)32)20-33(26)19-22-5-2-14-30-17-22/h2,5,10-14,17,23,25-26,28H,1,3-4,6-9,15-16,18-20H2,(H,31,34)/t23-,25+,26+,28-/m0/s1. The first-order chi connectivity index (χ1) is 16.7. The molecule has 5 rings (SSSR count). The van der Waals surface area contributed by atoms with Gasteiger partial charge in [-0.05, 0) is 92.8 Å². The van der Waals surface area contributed by atoms with Gasteiger partial charge in [-0.25, -0.2) is 4.39 Å². The van der Waals surface area contributed by atoms with Crippen LogP contribution in [0.15, 0.2) is 48.8 Å². The van der Waals surface area contributed by atoms with Crippen molar-refractivity contribution in [1.29, 1.82) is 0 Å². The molecule has 1 amide bonds. The molecule has 6 heteroatoms. The van der Waals surface area contributed by atoms with E-state index in [1.165, 1.54) is 56.5 Å². The highest BCUT2D eigenvalue weighted by Crippen LogP contribution is 2.43. The van der Waals surface area contributed by atoms with E-state index in [2.05, 4.69) is 26.2 Å². The van der Waals surface area contributed by atoms with Crippen LogP contribution in [0.5, 0.6) is 0 Å². The van der Waals surface area contributed by atoms with Gasteiger partial charge in [0, 0.05) is 50.5 Å². The Kier molecular flexibility index (Phi) is 7.55. The number of nitrogens with one attached hydrogen (secondary N) is 1. The Hall–Kier alpha value is -2.31. The summed E-state index contributed by atoms with van der Waals surface area (Å²) in [6, 6.07) is 11.8. The third kappa shape index (κ3) is 5.49. The smallest absolute Gasteiger partial charge is 0.220 e. The Balaban J connectivity index is 1.21. The van der Waals surface area contributed by atoms with Gasteiger partial charge in [-0.3, -0.25) is 19.6 Å². The molecule has 3 saturated heterocycles. The molecule has 2 aromatic rings. The summed E-state index contributed by atoms with van der Waals surface area (Å²) in [4.78, 5) is 22.4. The lowest BCUT2D eigenvalue weighted by Crippen LogP contribution is -2.64. The number of carbonyl (C=O) groups is 1. The first kappa shape index (κ1) is 23.4. The summed E-state index contributed by atoms with van der Waals surface area (Å²) in [5.41, 5.74) is 2.21. The zero-order valence-corrected chi connectivity index (χ0v) is 20.0. The largest absolute Gasteiger partial charge is 0.352 e. The highest BCUT2D eigenvalue weighted by Gasteiger charge is 2.48. The van der Waals surface area contributed by atoms with E-state index in [4.69, 9.17) is 0 Å².